The second-order valence-electron chi connectivity index (χ2n) is 4.17. The number of nitrogens with zero attached hydrogens (tertiary/aromatic N) is 1. The van der Waals surface area contributed by atoms with Crippen molar-refractivity contribution >= 4 is 11.6 Å². The zero-order chi connectivity index (χ0) is 13.1. The highest BCUT2D eigenvalue weighted by Crippen LogP contribution is 2.26. The fourth-order valence-corrected chi connectivity index (χ4v) is 2.05. The van der Waals surface area contributed by atoms with Crippen molar-refractivity contribution in [2.24, 2.45) is 0 Å². The molecule has 0 aliphatic heterocycles. The molecule has 1 heterocycles. The number of halogens is 2. The number of aliphatic hydroxyl groups excluding tert-OH is 1. The molecular formula is C14H13ClFNO. The summed E-state index contributed by atoms with van der Waals surface area (Å²) in [5, 5.41) is 10.2. The number of aryl methyl sites for hydroxylation is 1. The van der Waals surface area contributed by atoms with Crippen LogP contribution in [0.2, 0.25) is 5.02 Å². The smallest absolute Gasteiger partial charge is 0.142 e. The highest BCUT2D eigenvalue weighted by atomic mass is 35.5. The van der Waals surface area contributed by atoms with Crippen molar-refractivity contribution in [2.75, 3.05) is 0 Å². The Kier molecular flexibility index (Phi) is 3.94. The lowest BCUT2D eigenvalue weighted by molar-refractivity contribution is 0.177. The third-order valence-electron chi connectivity index (χ3n) is 2.88. The van der Waals surface area contributed by atoms with Gasteiger partial charge in [0.05, 0.1) is 11.1 Å². The minimum atomic E-state index is -0.738. The maximum absolute atomic E-state index is 13.3. The summed E-state index contributed by atoms with van der Waals surface area (Å²) < 4.78 is 13.3. The molecule has 0 bridgehead atoms. The van der Waals surface area contributed by atoms with Gasteiger partial charge in [-0.3, -0.25) is 4.98 Å². The first kappa shape index (κ1) is 13.0. The summed E-state index contributed by atoms with van der Waals surface area (Å²) in [6, 6.07) is 6.42. The summed E-state index contributed by atoms with van der Waals surface area (Å²) in [4.78, 5) is 3.98. The summed E-state index contributed by atoms with van der Waals surface area (Å²) in [5.74, 6) is -0.468. The van der Waals surface area contributed by atoms with Crippen molar-refractivity contribution in [3.63, 3.8) is 0 Å². The van der Waals surface area contributed by atoms with Crippen molar-refractivity contribution in [2.45, 2.75) is 19.4 Å². The van der Waals surface area contributed by atoms with E-state index < -0.39 is 11.9 Å². The van der Waals surface area contributed by atoms with Gasteiger partial charge in [-0.1, -0.05) is 23.7 Å². The van der Waals surface area contributed by atoms with Crippen LogP contribution < -0.4 is 0 Å². The Balaban J connectivity index is 2.24. The van der Waals surface area contributed by atoms with E-state index in [0.717, 1.165) is 11.1 Å². The van der Waals surface area contributed by atoms with E-state index in [1.54, 1.807) is 24.5 Å². The number of hydrogen-bond acceptors (Lipinski definition) is 2. The molecule has 0 spiro atoms. The molecule has 1 N–H and O–H groups in total. The summed E-state index contributed by atoms with van der Waals surface area (Å²) in [6.07, 6.45) is 2.81. The first-order chi connectivity index (χ1) is 8.59. The average Bonchev–Trinajstić information content (AvgIpc) is 2.35. The minimum Gasteiger partial charge on any atom is -0.388 e. The molecule has 0 aliphatic rings. The largest absolute Gasteiger partial charge is 0.388 e. The maximum Gasteiger partial charge on any atom is 0.142 e. The molecule has 1 aromatic carbocycles. The molecular weight excluding hydrogens is 253 g/mol. The van der Waals surface area contributed by atoms with Crippen LogP contribution in [0.15, 0.2) is 36.7 Å². The molecule has 0 aliphatic carbocycles. The van der Waals surface area contributed by atoms with Gasteiger partial charge >= 0.3 is 0 Å². The Labute approximate surface area is 110 Å². The van der Waals surface area contributed by atoms with Crippen LogP contribution in [0.1, 0.15) is 22.8 Å². The molecule has 1 atom stereocenters. The normalized spacial score (nSPS) is 12.4. The van der Waals surface area contributed by atoms with E-state index in [9.17, 15) is 9.50 Å². The molecule has 4 heteroatoms. The molecule has 2 nitrogen and oxygen atoms in total. The van der Waals surface area contributed by atoms with E-state index in [0.29, 0.717) is 5.56 Å². The van der Waals surface area contributed by atoms with Gasteiger partial charge < -0.3 is 5.11 Å². The van der Waals surface area contributed by atoms with Crippen LogP contribution in [0.25, 0.3) is 0 Å². The van der Waals surface area contributed by atoms with Gasteiger partial charge in [-0.25, -0.2) is 4.39 Å². The van der Waals surface area contributed by atoms with Crippen molar-refractivity contribution < 1.29 is 9.50 Å². The van der Waals surface area contributed by atoms with Gasteiger partial charge in [0.25, 0.3) is 0 Å². The van der Waals surface area contributed by atoms with E-state index in [2.05, 4.69) is 4.98 Å². The topological polar surface area (TPSA) is 33.1 Å². The van der Waals surface area contributed by atoms with Gasteiger partial charge in [-0.15, -0.1) is 0 Å². The number of benzene rings is 1. The molecule has 1 unspecified atom stereocenters. The quantitative estimate of drug-likeness (QED) is 0.922. The summed E-state index contributed by atoms with van der Waals surface area (Å²) in [7, 11) is 0. The van der Waals surface area contributed by atoms with E-state index in [1.165, 1.54) is 6.07 Å². The third-order valence-corrected chi connectivity index (χ3v) is 3.31. The first-order valence-electron chi connectivity index (χ1n) is 5.61. The van der Waals surface area contributed by atoms with Crippen LogP contribution in [-0.4, -0.2) is 10.1 Å². The molecule has 2 aromatic rings. The Morgan fingerprint density at radius 1 is 1.39 bits per heavy atom. The van der Waals surface area contributed by atoms with Crippen LogP contribution in [0.5, 0.6) is 0 Å². The highest BCUT2D eigenvalue weighted by molar-refractivity contribution is 6.31. The number of pyridine rings is 1. The SMILES string of the molecule is Cc1ccncc1C(O)Cc1cccc(F)c1Cl. The van der Waals surface area contributed by atoms with Gasteiger partial charge in [0.2, 0.25) is 0 Å². The minimum absolute atomic E-state index is 0.0677. The zero-order valence-corrected chi connectivity index (χ0v) is 10.7. The van der Waals surface area contributed by atoms with E-state index in [4.69, 9.17) is 11.6 Å². The van der Waals surface area contributed by atoms with Gasteiger partial charge in [0, 0.05) is 24.4 Å². The Morgan fingerprint density at radius 3 is 2.89 bits per heavy atom. The Bertz CT molecular complexity index is 559. The fraction of sp³-hybridized carbons (Fsp3) is 0.214. The monoisotopic (exact) mass is 265 g/mol. The first-order valence-corrected chi connectivity index (χ1v) is 5.99. The van der Waals surface area contributed by atoms with E-state index in [-0.39, 0.29) is 11.4 Å². The lowest BCUT2D eigenvalue weighted by Gasteiger charge is -2.14. The standard InChI is InChI=1S/C14H13ClFNO/c1-9-5-6-17-8-11(9)13(18)7-10-3-2-4-12(16)14(10)15/h2-6,8,13,18H,7H2,1H3. The molecule has 0 radical (unpaired) electrons. The second-order valence-corrected chi connectivity index (χ2v) is 4.54. The predicted octanol–water partition coefficient (Wildman–Crippen LogP) is 3.46. The van der Waals surface area contributed by atoms with Crippen LogP contribution in [0, 0.1) is 12.7 Å². The van der Waals surface area contributed by atoms with Crippen LogP contribution in [-0.2, 0) is 6.42 Å². The van der Waals surface area contributed by atoms with Gasteiger partial charge in [0.1, 0.15) is 5.82 Å². The van der Waals surface area contributed by atoms with Crippen LogP contribution in [0.4, 0.5) is 4.39 Å². The third kappa shape index (κ3) is 2.68. The number of aromatic nitrogens is 1. The summed E-state index contributed by atoms with van der Waals surface area (Å²) >= 11 is 5.86. The summed E-state index contributed by atoms with van der Waals surface area (Å²) in [5.41, 5.74) is 2.27. The molecule has 18 heavy (non-hydrogen) atoms. The highest BCUT2D eigenvalue weighted by Gasteiger charge is 2.14. The van der Waals surface area contributed by atoms with Crippen molar-refractivity contribution in [1.82, 2.24) is 4.98 Å². The number of rotatable bonds is 3. The molecule has 2 rings (SSSR count). The predicted molar refractivity (Wildman–Crippen MR) is 69.0 cm³/mol. The van der Waals surface area contributed by atoms with Crippen LogP contribution in [0.3, 0.4) is 0 Å². The van der Waals surface area contributed by atoms with Gasteiger partial charge in [-0.05, 0) is 30.2 Å². The van der Waals surface area contributed by atoms with E-state index >= 15 is 0 Å². The lowest BCUT2D eigenvalue weighted by atomic mass is 9.99. The summed E-state index contributed by atoms with van der Waals surface area (Å²) in [6.45, 7) is 1.90. The number of aliphatic hydroxyl groups is 1. The Hall–Kier alpha value is -1.45. The Morgan fingerprint density at radius 2 is 2.17 bits per heavy atom. The molecule has 94 valence electrons. The molecule has 0 fully saturated rings. The molecule has 0 amide bonds. The van der Waals surface area contributed by atoms with Gasteiger partial charge in [0.15, 0.2) is 0 Å². The van der Waals surface area contributed by atoms with Crippen LogP contribution >= 0.6 is 11.6 Å². The molecule has 0 saturated carbocycles. The van der Waals surface area contributed by atoms with Crippen molar-refractivity contribution in [3.05, 3.63) is 64.2 Å². The maximum atomic E-state index is 13.3. The fourth-order valence-electron chi connectivity index (χ4n) is 1.85. The zero-order valence-electron chi connectivity index (χ0n) is 9.90. The van der Waals surface area contributed by atoms with Crippen molar-refractivity contribution in [1.29, 1.82) is 0 Å². The lowest BCUT2D eigenvalue weighted by Crippen LogP contribution is -2.05. The second kappa shape index (κ2) is 5.46. The number of hydrogen-bond donors (Lipinski definition) is 1. The molecule has 0 saturated heterocycles. The van der Waals surface area contributed by atoms with E-state index in [1.807, 2.05) is 13.0 Å². The van der Waals surface area contributed by atoms with Gasteiger partial charge in [-0.2, -0.15) is 0 Å². The average molecular weight is 266 g/mol. The van der Waals surface area contributed by atoms with Crippen molar-refractivity contribution in [3.8, 4) is 0 Å². The molecule has 1 aromatic heterocycles.